The smallest absolute Gasteiger partial charge is 0.147 e. The predicted molar refractivity (Wildman–Crippen MR) is 147 cm³/mol. The third-order valence-electron chi connectivity index (χ3n) is 7.41. The molecule has 0 fully saturated rings. The van der Waals surface area contributed by atoms with Gasteiger partial charge in [-0.15, -0.1) is 0 Å². The number of nitrogens with zero attached hydrogens (tertiary/aromatic N) is 4. The lowest BCUT2D eigenvalue weighted by Gasteiger charge is -2.30. The summed E-state index contributed by atoms with van der Waals surface area (Å²) in [6, 6.07) is 7.00. The standard InChI is InChI=1S/C30H44N4/c1-9-32(8)14-15-33(19-20(2)3)27-18-24(7)31-30-28(27)25-12-10-11-13-26(25)34(30)29-22(5)16-21(4)17-23(29)6/h16-18,20H,9-15,19H2,1-8H3. The largest absolute Gasteiger partial charge is 0.369 e. The van der Waals surface area contributed by atoms with Crippen LogP contribution in [0, 0.1) is 33.6 Å². The Balaban J connectivity index is 1.99. The van der Waals surface area contributed by atoms with Crippen molar-refractivity contribution in [1.82, 2.24) is 14.5 Å². The van der Waals surface area contributed by atoms with Gasteiger partial charge in [-0.3, -0.25) is 4.57 Å². The molecule has 4 nitrogen and oxygen atoms in total. The SMILES string of the molecule is CCN(C)CCN(CC(C)C)c1cc(C)nc2c1c1c(n2-c2c(C)cc(C)cc2C)CCCC1. The molecule has 0 N–H and O–H groups in total. The van der Waals surface area contributed by atoms with Crippen LogP contribution >= 0.6 is 0 Å². The second kappa shape index (κ2) is 10.1. The van der Waals surface area contributed by atoms with Crippen LogP contribution in [0.25, 0.3) is 16.7 Å². The summed E-state index contributed by atoms with van der Waals surface area (Å²) in [7, 11) is 2.22. The van der Waals surface area contributed by atoms with Crippen LogP contribution < -0.4 is 4.90 Å². The summed E-state index contributed by atoms with van der Waals surface area (Å²) in [6.07, 6.45) is 4.83. The molecule has 0 bridgehead atoms. The van der Waals surface area contributed by atoms with E-state index in [2.05, 4.69) is 88.1 Å². The van der Waals surface area contributed by atoms with E-state index in [-0.39, 0.29) is 0 Å². The fourth-order valence-corrected chi connectivity index (χ4v) is 5.84. The van der Waals surface area contributed by atoms with E-state index < -0.39 is 0 Å². The van der Waals surface area contributed by atoms with Gasteiger partial charge in [0.2, 0.25) is 0 Å². The first-order valence-corrected chi connectivity index (χ1v) is 13.3. The molecule has 4 heteroatoms. The van der Waals surface area contributed by atoms with E-state index in [1.165, 1.54) is 52.0 Å². The molecule has 34 heavy (non-hydrogen) atoms. The minimum atomic E-state index is 0.606. The molecule has 0 spiro atoms. The van der Waals surface area contributed by atoms with Crippen molar-refractivity contribution in [3.05, 3.63) is 51.8 Å². The number of rotatable bonds is 8. The van der Waals surface area contributed by atoms with Gasteiger partial charge >= 0.3 is 0 Å². The normalized spacial score (nSPS) is 13.8. The van der Waals surface area contributed by atoms with Crippen LogP contribution in [-0.2, 0) is 12.8 Å². The van der Waals surface area contributed by atoms with Crippen LogP contribution in [0.1, 0.15) is 67.3 Å². The van der Waals surface area contributed by atoms with Crippen LogP contribution in [0.5, 0.6) is 0 Å². The Bertz CT molecular complexity index is 1150. The van der Waals surface area contributed by atoms with Gasteiger partial charge in [0.25, 0.3) is 0 Å². The maximum Gasteiger partial charge on any atom is 0.147 e. The molecule has 0 saturated carbocycles. The first-order chi connectivity index (χ1) is 16.2. The number of aromatic nitrogens is 2. The van der Waals surface area contributed by atoms with Crippen molar-refractivity contribution in [3.8, 4) is 5.69 Å². The summed E-state index contributed by atoms with van der Waals surface area (Å²) in [5, 5.41) is 1.40. The number of hydrogen-bond donors (Lipinski definition) is 0. The molecule has 0 amide bonds. The van der Waals surface area contributed by atoms with Crippen molar-refractivity contribution >= 4 is 16.7 Å². The summed E-state index contributed by atoms with van der Waals surface area (Å²) in [5.41, 5.74) is 12.0. The number of anilines is 1. The fraction of sp³-hybridized carbons (Fsp3) is 0.567. The van der Waals surface area contributed by atoms with E-state index in [4.69, 9.17) is 4.98 Å². The molecule has 0 radical (unpaired) electrons. The zero-order valence-electron chi connectivity index (χ0n) is 22.8. The topological polar surface area (TPSA) is 24.3 Å². The number of pyridine rings is 1. The second-order valence-corrected chi connectivity index (χ2v) is 10.9. The van der Waals surface area contributed by atoms with E-state index in [0.29, 0.717) is 5.92 Å². The van der Waals surface area contributed by atoms with Crippen molar-refractivity contribution < 1.29 is 0 Å². The molecule has 184 valence electrons. The Hall–Kier alpha value is -2.33. The van der Waals surface area contributed by atoms with Crippen LogP contribution in [-0.4, -0.2) is 47.7 Å². The molecule has 3 aromatic rings. The molecular weight excluding hydrogens is 416 g/mol. The van der Waals surface area contributed by atoms with Crippen molar-refractivity contribution in [1.29, 1.82) is 0 Å². The summed E-state index contributed by atoms with van der Waals surface area (Å²) in [5.74, 6) is 0.606. The highest BCUT2D eigenvalue weighted by molar-refractivity contribution is 5.96. The first kappa shape index (κ1) is 24.8. The summed E-state index contributed by atoms with van der Waals surface area (Å²) in [4.78, 5) is 10.3. The molecule has 0 saturated heterocycles. The second-order valence-electron chi connectivity index (χ2n) is 10.9. The van der Waals surface area contributed by atoms with Gasteiger partial charge in [0.15, 0.2) is 0 Å². The highest BCUT2D eigenvalue weighted by Crippen LogP contribution is 2.40. The number of likely N-dealkylation sites (N-methyl/N-ethyl adjacent to an activating group) is 1. The molecule has 1 aromatic carbocycles. The molecule has 2 aromatic heterocycles. The maximum absolute atomic E-state index is 5.22. The number of aryl methyl sites for hydroxylation is 5. The van der Waals surface area contributed by atoms with Gasteiger partial charge in [-0.2, -0.15) is 0 Å². The van der Waals surface area contributed by atoms with Crippen molar-refractivity contribution in [2.24, 2.45) is 5.92 Å². The van der Waals surface area contributed by atoms with E-state index in [1.807, 2.05) is 0 Å². The molecule has 4 rings (SSSR count). The molecule has 2 heterocycles. The third kappa shape index (κ3) is 4.75. The lowest BCUT2D eigenvalue weighted by molar-refractivity contribution is 0.356. The molecule has 0 unspecified atom stereocenters. The highest BCUT2D eigenvalue weighted by Gasteiger charge is 2.27. The van der Waals surface area contributed by atoms with Crippen LogP contribution in [0.4, 0.5) is 5.69 Å². The first-order valence-electron chi connectivity index (χ1n) is 13.3. The molecular formula is C30H44N4. The van der Waals surface area contributed by atoms with Crippen LogP contribution in [0.3, 0.4) is 0 Å². The minimum absolute atomic E-state index is 0.606. The van der Waals surface area contributed by atoms with Gasteiger partial charge < -0.3 is 9.80 Å². The monoisotopic (exact) mass is 460 g/mol. The van der Waals surface area contributed by atoms with Gasteiger partial charge in [-0.1, -0.05) is 38.5 Å². The molecule has 0 aliphatic heterocycles. The van der Waals surface area contributed by atoms with Crippen LogP contribution in [0.15, 0.2) is 18.2 Å². The molecule has 1 aliphatic rings. The Morgan fingerprint density at radius 3 is 2.29 bits per heavy atom. The van der Waals surface area contributed by atoms with Crippen molar-refractivity contribution in [2.75, 3.05) is 38.1 Å². The highest BCUT2D eigenvalue weighted by atomic mass is 15.2. The average molecular weight is 461 g/mol. The van der Waals surface area contributed by atoms with Crippen molar-refractivity contribution in [2.45, 2.75) is 74.1 Å². The Morgan fingerprint density at radius 1 is 0.971 bits per heavy atom. The lowest BCUT2D eigenvalue weighted by Crippen LogP contribution is -2.35. The van der Waals surface area contributed by atoms with E-state index in [9.17, 15) is 0 Å². The van der Waals surface area contributed by atoms with Gasteiger partial charge in [0.1, 0.15) is 5.65 Å². The van der Waals surface area contributed by atoms with Crippen LogP contribution in [0.2, 0.25) is 0 Å². The van der Waals surface area contributed by atoms with E-state index in [0.717, 1.165) is 50.4 Å². The van der Waals surface area contributed by atoms with E-state index in [1.54, 1.807) is 5.56 Å². The van der Waals surface area contributed by atoms with Gasteiger partial charge in [-0.05, 0) is 95.6 Å². The zero-order valence-corrected chi connectivity index (χ0v) is 22.8. The van der Waals surface area contributed by atoms with Gasteiger partial charge in [0, 0.05) is 42.1 Å². The van der Waals surface area contributed by atoms with E-state index >= 15 is 0 Å². The Kier molecular flexibility index (Phi) is 7.37. The maximum atomic E-state index is 5.22. The predicted octanol–water partition coefficient (Wildman–Crippen LogP) is 6.55. The summed E-state index contributed by atoms with van der Waals surface area (Å²) in [6.45, 7) is 20.1. The lowest BCUT2D eigenvalue weighted by atomic mass is 9.94. The Labute approximate surface area is 207 Å². The third-order valence-corrected chi connectivity index (χ3v) is 7.41. The number of fused-ring (bicyclic) bond motifs is 3. The Morgan fingerprint density at radius 2 is 1.65 bits per heavy atom. The average Bonchev–Trinajstić information content (AvgIpc) is 3.09. The van der Waals surface area contributed by atoms with Crippen molar-refractivity contribution in [3.63, 3.8) is 0 Å². The van der Waals surface area contributed by atoms with Gasteiger partial charge in [0.05, 0.1) is 5.69 Å². The number of benzene rings is 1. The quantitative estimate of drug-likeness (QED) is 0.381. The summed E-state index contributed by atoms with van der Waals surface area (Å²) < 4.78 is 2.54. The molecule has 0 atom stereocenters. The fourth-order valence-electron chi connectivity index (χ4n) is 5.84. The zero-order chi connectivity index (χ0) is 24.6. The van der Waals surface area contributed by atoms with Gasteiger partial charge in [-0.25, -0.2) is 4.98 Å². The molecule has 1 aliphatic carbocycles. The minimum Gasteiger partial charge on any atom is -0.369 e. The summed E-state index contributed by atoms with van der Waals surface area (Å²) >= 11 is 0. The number of hydrogen-bond acceptors (Lipinski definition) is 3.